The van der Waals surface area contributed by atoms with Gasteiger partial charge in [0.05, 0.1) is 17.1 Å². The molecule has 1 aliphatic carbocycles. The Morgan fingerprint density at radius 1 is 1.18 bits per heavy atom. The minimum Gasteiger partial charge on any atom is -0.454 e. The average molecular weight is 447 g/mol. The lowest BCUT2D eigenvalue weighted by atomic mass is 9.84. The number of nitrogens with one attached hydrogen (secondary N) is 1. The minimum atomic E-state index is -0.482. The minimum absolute atomic E-state index is 0.196. The van der Waals surface area contributed by atoms with E-state index in [2.05, 4.69) is 12.2 Å². The lowest BCUT2D eigenvalue weighted by Gasteiger charge is -2.24. The second kappa shape index (κ2) is 8.73. The molecule has 33 heavy (non-hydrogen) atoms. The second-order valence-electron chi connectivity index (χ2n) is 8.76. The van der Waals surface area contributed by atoms with Crippen molar-refractivity contribution in [1.82, 2.24) is 10.3 Å². The summed E-state index contributed by atoms with van der Waals surface area (Å²) in [6.07, 6.45) is 2.67. The summed E-state index contributed by atoms with van der Waals surface area (Å²) in [7, 11) is 0. The largest absolute Gasteiger partial charge is 0.454 e. The van der Waals surface area contributed by atoms with Crippen molar-refractivity contribution in [2.45, 2.75) is 39.2 Å². The molecule has 2 atom stereocenters. The number of ether oxygens (including phenoxy) is 3. The molecule has 2 aromatic carbocycles. The first kappa shape index (κ1) is 21.2. The van der Waals surface area contributed by atoms with Gasteiger partial charge in [-0.1, -0.05) is 31.2 Å². The van der Waals surface area contributed by atoms with Gasteiger partial charge >= 0.3 is 5.97 Å². The van der Waals surface area contributed by atoms with E-state index in [1.165, 1.54) is 0 Å². The summed E-state index contributed by atoms with van der Waals surface area (Å²) < 4.78 is 16.2. The predicted octanol–water partition coefficient (Wildman–Crippen LogP) is 4.12. The number of aryl methyl sites for hydroxylation is 1. The Kier molecular flexibility index (Phi) is 5.62. The molecule has 170 valence electrons. The van der Waals surface area contributed by atoms with Crippen LogP contribution >= 0.6 is 0 Å². The number of rotatable bonds is 5. The smallest absolute Gasteiger partial charge is 0.339 e. The summed E-state index contributed by atoms with van der Waals surface area (Å²) >= 11 is 0. The van der Waals surface area contributed by atoms with Crippen molar-refractivity contribution in [2.24, 2.45) is 5.92 Å². The zero-order valence-electron chi connectivity index (χ0n) is 18.7. The molecule has 7 heteroatoms. The van der Waals surface area contributed by atoms with Gasteiger partial charge in [-0.25, -0.2) is 4.79 Å². The maximum Gasteiger partial charge on any atom is 0.339 e. The molecule has 1 N–H and O–H groups in total. The summed E-state index contributed by atoms with van der Waals surface area (Å²) in [4.78, 5) is 30.5. The van der Waals surface area contributed by atoms with Crippen LogP contribution in [-0.2, 0) is 22.4 Å². The highest BCUT2D eigenvalue weighted by molar-refractivity contribution is 6.05. The molecule has 0 spiro atoms. The number of hydrogen-bond donors (Lipinski definition) is 1. The van der Waals surface area contributed by atoms with E-state index < -0.39 is 5.97 Å². The van der Waals surface area contributed by atoms with Gasteiger partial charge in [0.15, 0.2) is 18.1 Å². The van der Waals surface area contributed by atoms with E-state index in [1.807, 2.05) is 49.4 Å². The van der Waals surface area contributed by atoms with Crippen LogP contribution in [0.25, 0.3) is 10.9 Å². The summed E-state index contributed by atoms with van der Waals surface area (Å²) in [5.41, 5.74) is 4.10. The second-order valence-corrected chi connectivity index (χ2v) is 8.76. The molecule has 2 unspecified atom stereocenters. The number of hydrogen-bond acceptors (Lipinski definition) is 6. The normalized spacial score (nSPS) is 17.3. The number of carbonyl (C=O) groups is 2. The van der Waals surface area contributed by atoms with Crippen molar-refractivity contribution in [2.75, 3.05) is 13.4 Å². The molecule has 1 aromatic heterocycles. The van der Waals surface area contributed by atoms with Crippen molar-refractivity contribution < 1.29 is 23.8 Å². The van der Waals surface area contributed by atoms with E-state index in [-0.39, 0.29) is 25.3 Å². The van der Waals surface area contributed by atoms with Crippen LogP contribution in [0.2, 0.25) is 0 Å². The van der Waals surface area contributed by atoms with Crippen LogP contribution in [0.1, 0.15) is 53.5 Å². The molecule has 3 aromatic rings. The number of aromatic nitrogens is 1. The molecule has 5 rings (SSSR count). The maximum absolute atomic E-state index is 13.2. The van der Waals surface area contributed by atoms with Gasteiger partial charge in [-0.3, -0.25) is 9.78 Å². The third-order valence-electron chi connectivity index (χ3n) is 6.32. The highest BCUT2D eigenvalue weighted by Gasteiger charge is 2.26. The number of para-hydroxylation sites is 1. The fourth-order valence-corrected chi connectivity index (χ4v) is 4.55. The summed E-state index contributed by atoms with van der Waals surface area (Å²) in [5, 5.41) is 3.64. The first-order valence-corrected chi connectivity index (χ1v) is 11.3. The SMILES string of the molecule is CC1CCc2nc3ccccc3c(C(=O)OCC(=O)NC(C)c3ccc4c(c3)OCO4)c2C1. The standard InChI is InChI=1S/C26H26N2O5/c1-15-7-9-21-19(11-15)25(18-5-3-4-6-20(18)28-21)26(30)31-13-24(29)27-16(2)17-8-10-22-23(12-17)33-14-32-22/h3-6,8,10,12,15-16H,7,9,11,13-14H2,1-2H3,(H,27,29). The number of esters is 1. The van der Waals surface area contributed by atoms with Gasteiger partial charge in [0.2, 0.25) is 6.79 Å². The zero-order chi connectivity index (χ0) is 22.9. The molecular formula is C26H26N2O5. The number of carbonyl (C=O) groups excluding carboxylic acids is 2. The lowest BCUT2D eigenvalue weighted by molar-refractivity contribution is -0.124. The van der Waals surface area contributed by atoms with Crippen LogP contribution < -0.4 is 14.8 Å². The van der Waals surface area contributed by atoms with E-state index in [4.69, 9.17) is 19.2 Å². The highest BCUT2D eigenvalue weighted by atomic mass is 16.7. The van der Waals surface area contributed by atoms with E-state index in [0.717, 1.165) is 47.0 Å². The van der Waals surface area contributed by atoms with Crippen LogP contribution in [0, 0.1) is 5.92 Å². The first-order chi connectivity index (χ1) is 16.0. The van der Waals surface area contributed by atoms with Gasteiger partial charge in [-0.05, 0) is 61.4 Å². The topological polar surface area (TPSA) is 86.8 Å². The fourth-order valence-electron chi connectivity index (χ4n) is 4.55. The van der Waals surface area contributed by atoms with Gasteiger partial charge in [-0.2, -0.15) is 0 Å². The van der Waals surface area contributed by atoms with E-state index >= 15 is 0 Å². The Balaban J connectivity index is 1.30. The van der Waals surface area contributed by atoms with E-state index in [0.29, 0.717) is 23.0 Å². The lowest BCUT2D eigenvalue weighted by Crippen LogP contribution is -2.31. The summed E-state index contributed by atoms with van der Waals surface area (Å²) in [6, 6.07) is 12.9. The van der Waals surface area contributed by atoms with Crippen LogP contribution in [0.5, 0.6) is 11.5 Å². The molecule has 2 aliphatic rings. The molecule has 0 radical (unpaired) electrons. The van der Waals surface area contributed by atoms with Crippen LogP contribution in [0.15, 0.2) is 42.5 Å². The van der Waals surface area contributed by atoms with E-state index in [9.17, 15) is 9.59 Å². The molecule has 7 nitrogen and oxygen atoms in total. The van der Waals surface area contributed by atoms with Crippen molar-refractivity contribution in [3.8, 4) is 11.5 Å². The number of amides is 1. The predicted molar refractivity (Wildman–Crippen MR) is 122 cm³/mol. The molecular weight excluding hydrogens is 420 g/mol. The van der Waals surface area contributed by atoms with Crippen molar-refractivity contribution in [3.63, 3.8) is 0 Å². The molecule has 1 amide bonds. The van der Waals surface area contributed by atoms with Crippen molar-refractivity contribution >= 4 is 22.8 Å². The van der Waals surface area contributed by atoms with Gasteiger partial charge in [-0.15, -0.1) is 0 Å². The van der Waals surface area contributed by atoms with Gasteiger partial charge < -0.3 is 19.5 Å². The number of nitrogens with zero attached hydrogens (tertiary/aromatic N) is 1. The molecule has 0 saturated carbocycles. The molecule has 0 fully saturated rings. The highest BCUT2D eigenvalue weighted by Crippen LogP contribution is 2.34. The maximum atomic E-state index is 13.2. The van der Waals surface area contributed by atoms with Gasteiger partial charge in [0.25, 0.3) is 5.91 Å². The average Bonchev–Trinajstić information content (AvgIpc) is 3.29. The van der Waals surface area contributed by atoms with E-state index in [1.54, 1.807) is 0 Å². The van der Waals surface area contributed by atoms with Crippen LogP contribution in [0.3, 0.4) is 0 Å². The third kappa shape index (κ3) is 4.23. The molecule has 2 heterocycles. The van der Waals surface area contributed by atoms with Gasteiger partial charge in [0.1, 0.15) is 0 Å². The Morgan fingerprint density at radius 2 is 2.00 bits per heavy atom. The summed E-state index contributed by atoms with van der Waals surface area (Å²) in [6.45, 7) is 3.89. The number of pyridine rings is 1. The fraction of sp³-hybridized carbons (Fsp3) is 0.346. The Hall–Kier alpha value is -3.61. The Labute approximate surface area is 192 Å². The first-order valence-electron chi connectivity index (χ1n) is 11.3. The third-order valence-corrected chi connectivity index (χ3v) is 6.32. The van der Waals surface area contributed by atoms with Crippen LogP contribution in [0.4, 0.5) is 0 Å². The van der Waals surface area contributed by atoms with Gasteiger partial charge in [0, 0.05) is 11.1 Å². The van der Waals surface area contributed by atoms with Crippen molar-refractivity contribution in [1.29, 1.82) is 0 Å². The molecule has 0 bridgehead atoms. The summed E-state index contributed by atoms with van der Waals surface area (Å²) in [5.74, 6) is 0.967. The monoisotopic (exact) mass is 446 g/mol. The number of benzene rings is 2. The molecule has 0 saturated heterocycles. The molecule has 1 aliphatic heterocycles. The Bertz CT molecular complexity index is 1240. The number of fused-ring (bicyclic) bond motifs is 3. The van der Waals surface area contributed by atoms with Crippen molar-refractivity contribution in [3.05, 3.63) is 64.8 Å². The Morgan fingerprint density at radius 3 is 2.88 bits per heavy atom. The van der Waals surface area contributed by atoms with Crippen LogP contribution in [-0.4, -0.2) is 30.3 Å². The zero-order valence-corrected chi connectivity index (χ0v) is 18.7. The quantitative estimate of drug-likeness (QED) is 0.594.